The lowest BCUT2D eigenvalue weighted by molar-refractivity contribution is -0.139. The highest BCUT2D eigenvalue weighted by Gasteiger charge is 2.31. The van der Waals surface area contributed by atoms with E-state index in [1.165, 1.54) is 0 Å². The lowest BCUT2D eigenvalue weighted by Crippen LogP contribution is -2.59. The molecular weight excluding hydrogens is 184 g/mol. The Morgan fingerprint density at radius 2 is 2.50 bits per heavy atom. The Morgan fingerprint density at radius 1 is 1.86 bits per heavy atom. The summed E-state index contributed by atoms with van der Waals surface area (Å²) in [6.45, 7) is 0.711. The van der Waals surface area contributed by atoms with Gasteiger partial charge in [0.2, 0.25) is 0 Å². The van der Waals surface area contributed by atoms with Crippen molar-refractivity contribution >= 4 is 11.9 Å². The Bertz CT molecular complexity index is 254. The number of carbonyl (C=O) groups is 1. The molecule has 6 heteroatoms. The zero-order valence-electron chi connectivity index (χ0n) is 8.40. The molecule has 0 radical (unpaired) electrons. The van der Waals surface area contributed by atoms with Crippen LogP contribution in [0.15, 0.2) is 4.99 Å². The first kappa shape index (κ1) is 10.8. The van der Waals surface area contributed by atoms with Gasteiger partial charge in [-0.25, -0.2) is 0 Å². The smallest absolute Gasteiger partial charge is 0.322 e. The van der Waals surface area contributed by atoms with Crippen LogP contribution in [0.4, 0.5) is 0 Å². The van der Waals surface area contributed by atoms with E-state index < -0.39 is 12.0 Å². The van der Waals surface area contributed by atoms with Crippen LogP contribution in [0.25, 0.3) is 0 Å². The molecule has 6 nitrogen and oxygen atoms in total. The highest BCUT2D eigenvalue weighted by atomic mass is 16.4. The number of rotatable bonds is 2. The molecule has 1 fully saturated rings. The largest absolute Gasteiger partial charge is 0.480 e. The third-order valence-electron chi connectivity index (χ3n) is 2.47. The quantitative estimate of drug-likeness (QED) is 0.514. The molecule has 1 saturated heterocycles. The van der Waals surface area contributed by atoms with Crippen LogP contribution in [0.5, 0.6) is 0 Å². The monoisotopic (exact) mass is 200 g/mol. The van der Waals surface area contributed by atoms with E-state index in [1.54, 1.807) is 19.0 Å². The Kier molecular flexibility index (Phi) is 3.29. The Balaban J connectivity index is 2.74. The van der Waals surface area contributed by atoms with Gasteiger partial charge in [0.1, 0.15) is 6.04 Å². The number of guanidine groups is 1. The Labute approximate surface area is 82.8 Å². The summed E-state index contributed by atoms with van der Waals surface area (Å²) in [6.07, 6.45) is 0.711. The van der Waals surface area contributed by atoms with Crippen LogP contribution in [0.3, 0.4) is 0 Å². The zero-order valence-corrected chi connectivity index (χ0v) is 8.40. The third-order valence-corrected chi connectivity index (χ3v) is 2.47. The van der Waals surface area contributed by atoms with Gasteiger partial charge in [-0.05, 0) is 6.42 Å². The van der Waals surface area contributed by atoms with Gasteiger partial charge in [-0.15, -0.1) is 0 Å². The molecule has 1 aliphatic heterocycles. The number of aliphatic imine (C=N–C) groups is 1. The van der Waals surface area contributed by atoms with Gasteiger partial charge in [0.05, 0.1) is 6.04 Å². The molecular formula is C8H16N4O2. The summed E-state index contributed by atoms with van der Waals surface area (Å²) >= 11 is 0. The highest BCUT2D eigenvalue weighted by molar-refractivity contribution is 5.82. The Hall–Kier alpha value is -1.30. The molecule has 14 heavy (non-hydrogen) atoms. The molecule has 1 rings (SSSR count). The number of nitrogens with zero attached hydrogens (tertiary/aromatic N) is 2. The van der Waals surface area contributed by atoms with Crippen molar-refractivity contribution in [2.45, 2.75) is 18.5 Å². The maximum absolute atomic E-state index is 10.7. The second-order valence-electron chi connectivity index (χ2n) is 3.30. The molecule has 2 unspecified atom stereocenters. The summed E-state index contributed by atoms with van der Waals surface area (Å²) in [7, 11) is 3.45. The molecule has 1 heterocycles. The van der Waals surface area contributed by atoms with E-state index in [9.17, 15) is 4.79 Å². The predicted octanol–water partition coefficient (Wildman–Crippen LogP) is -1.32. The summed E-state index contributed by atoms with van der Waals surface area (Å²) in [5.74, 6) is -0.280. The van der Waals surface area contributed by atoms with Gasteiger partial charge in [-0.1, -0.05) is 0 Å². The minimum absolute atomic E-state index is 0.188. The zero-order chi connectivity index (χ0) is 10.7. The molecule has 0 bridgehead atoms. The van der Waals surface area contributed by atoms with Gasteiger partial charge >= 0.3 is 5.97 Å². The molecule has 1 aliphatic rings. The number of nitrogens with one attached hydrogen (secondary N) is 1. The predicted molar refractivity (Wildman–Crippen MR) is 53.1 cm³/mol. The number of likely N-dealkylation sites (N-methyl/N-ethyl adjacent to an activating group) is 1. The first-order valence-electron chi connectivity index (χ1n) is 4.49. The van der Waals surface area contributed by atoms with Crippen LogP contribution in [-0.4, -0.2) is 54.7 Å². The summed E-state index contributed by atoms with van der Waals surface area (Å²) in [5.41, 5.74) is 5.57. The van der Waals surface area contributed by atoms with Crippen molar-refractivity contribution in [2.75, 3.05) is 20.6 Å². The molecule has 0 amide bonds. The van der Waals surface area contributed by atoms with E-state index in [0.29, 0.717) is 18.9 Å². The van der Waals surface area contributed by atoms with Crippen LogP contribution >= 0.6 is 0 Å². The van der Waals surface area contributed by atoms with Crippen molar-refractivity contribution < 1.29 is 9.90 Å². The molecule has 2 atom stereocenters. The van der Waals surface area contributed by atoms with Gasteiger partial charge in [0.15, 0.2) is 5.96 Å². The second kappa shape index (κ2) is 4.28. The molecule has 0 spiro atoms. The van der Waals surface area contributed by atoms with Crippen LogP contribution in [0, 0.1) is 0 Å². The lowest BCUT2D eigenvalue weighted by atomic mass is 10.0. The first-order valence-corrected chi connectivity index (χ1v) is 4.49. The second-order valence-corrected chi connectivity index (χ2v) is 3.30. The van der Waals surface area contributed by atoms with Crippen LogP contribution in [-0.2, 0) is 4.79 Å². The minimum Gasteiger partial charge on any atom is -0.480 e. The van der Waals surface area contributed by atoms with Crippen molar-refractivity contribution in [2.24, 2.45) is 10.7 Å². The SMILES string of the molecule is CN=C1NCCC(C(N)C(=O)O)N1C. The average molecular weight is 200 g/mol. The topological polar surface area (TPSA) is 90.9 Å². The summed E-state index contributed by atoms with van der Waals surface area (Å²) in [5, 5.41) is 11.9. The highest BCUT2D eigenvalue weighted by Crippen LogP contribution is 2.10. The molecule has 80 valence electrons. The fraction of sp³-hybridized carbons (Fsp3) is 0.750. The summed E-state index contributed by atoms with van der Waals surface area (Å²) in [6, 6.07) is -1.05. The third kappa shape index (κ3) is 1.95. The first-order chi connectivity index (χ1) is 6.57. The standard InChI is InChI=1S/C8H16N4O2/c1-10-8-11-4-3-5(12(8)2)6(9)7(13)14/h5-6H,3-4,9H2,1-2H3,(H,10,11)(H,13,14). The Morgan fingerprint density at radius 3 is 3.00 bits per heavy atom. The van der Waals surface area contributed by atoms with Gasteiger partial charge in [-0.2, -0.15) is 0 Å². The van der Waals surface area contributed by atoms with Crippen LogP contribution in [0.2, 0.25) is 0 Å². The van der Waals surface area contributed by atoms with Crippen molar-refractivity contribution in [1.82, 2.24) is 10.2 Å². The van der Waals surface area contributed by atoms with Crippen LogP contribution < -0.4 is 11.1 Å². The van der Waals surface area contributed by atoms with Crippen molar-refractivity contribution in [3.63, 3.8) is 0 Å². The van der Waals surface area contributed by atoms with E-state index >= 15 is 0 Å². The fourth-order valence-electron chi connectivity index (χ4n) is 1.63. The summed E-state index contributed by atoms with van der Waals surface area (Å²) < 4.78 is 0. The fourth-order valence-corrected chi connectivity index (χ4v) is 1.63. The van der Waals surface area contributed by atoms with Crippen molar-refractivity contribution in [1.29, 1.82) is 0 Å². The molecule has 0 saturated carbocycles. The molecule has 4 N–H and O–H groups in total. The summed E-state index contributed by atoms with van der Waals surface area (Å²) in [4.78, 5) is 16.5. The number of carboxylic acid groups (broad SMARTS) is 1. The van der Waals surface area contributed by atoms with Gasteiger partial charge in [0, 0.05) is 20.6 Å². The molecule has 0 aromatic rings. The van der Waals surface area contributed by atoms with E-state index in [1.807, 2.05) is 0 Å². The normalized spacial score (nSPS) is 27.2. The van der Waals surface area contributed by atoms with E-state index in [0.717, 1.165) is 0 Å². The lowest BCUT2D eigenvalue weighted by Gasteiger charge is -2.37. The number of hydrogen-bond acceptors (Lipinski definition) is 3. The van der Waals surface area contributed by atoms with Crippen molar-refractivity contribution in [3.8, 4) is 0 Å². The number of carboxylic acids is 1. The maximum atomic E-state index is 10.7. The van der Waals surface area contributed by atoms with E-state index in [4.69, 9.17) is 10.8 Å². The molecule has 0 aromatic heterocycles. The number of aliphatic carboxylic acids is 1. The van der Waals surface area contributed by atoms with Crippen LogP contribution in [0.1, 0.15) is 6.42 Å². The van der Waals surface area contributed by atoms with Gasteiger partial charge in [0.25, 0.3) is 0 Å². The van der Waals surface area contributed by atoms with Crippen molar-refractivity contribution in [3.05, 3.63) is 0 Å². The number of nitrogens with two attached hydrogens (primary N) is 1. The maximum Gasteiger partial charge on any atom is 0.322 e. The van der Waals surface area contributed by atoms with Gasteiger partial charge < -0.3 is 21.1 Å². The van der Waals surface area contributed by atoms with Gasteiger partial charge in [-0.3, -0.25) is 9.79 Å². The average Bonchev–Trinajstić information content (AvgIpc) is 2.17. The molecule has 0 aromatic carbocycles. The minimum atomic E-state index is -0.973. The number of hydrogen-bond donors (Lipinski definition) is 3. The van der Waals surface area contributed by atoms with E-state index in [2.05, 4.69) is 10.3 Å². The molecule has 0 aliphatic carbocycles. The van der Waals surface area contributed by atoms with E-state index in [-0.39, 0.29) is 6.04 Å².